The van der Waals surface area contributed by atoms with Gasteiger partial charge in [-0.1, -0.05) is 42.5 Å². The molecule has 2 aromatic heterocycles. The normalized spacial score (nSPS) is 20.2. The minimum absolute atomic E-state index is 0.610. The van der Waals surface area contributed by atoms with Gasteiger partial charge in [0.2, 0.25) is 0 Å². The van der Waals surface area contributed by atoms with E-state index in [9.17, 15) is 5.11 Å². The van der Waals surface area contributed by atoms with Crippen LogP contribution in [0, 0.1) is 0 Å². The van der Waals surface area contributed by atoms with Crippen LogP contribution in [0.25, 0.3) is 22.6 Å². The van der Waals surface area contributed by atoms with Gasteiger partial charge in [0.05, 0.1) is 17.6 Å². The molecule has 4 aromatic rings. The second kappa shape index (κ2) is 6.62. The Kier molecular flexibility index (Phi) is 4.07. The SMILES string of the molecule is Cn1c(-c2ccc(CN3CCC(O)(c4ccccc4)C3)o2)nc2ccccc21. The summed E-state index contributed by atoms with van der Waals surface area (Å²) < 4.78 is 8.17. The molecule has 5 heteroatoms. The Morgan fingerprint density at radius 2 is 1.82 bits per heavy atom. The van der Waals surface area contributed by atoms with Crippen molar-refractivity contribution in [2.24, 2.45) is 7.05 Å². The molecule has 1 unspecified atom stereocenters. The molecular formula is C23H23N3O2. The van der Waals surface area contributed by atoms with E-state index in [1.165, 1.54) is 0 Å². The Labute approximate surface area is 163 Å². The number of benzene rings is 2. The van der Waals surface area contributed by atoms with E-state index < -0.39 is 5.60 Å². The molecule has 1 aliphatic heterocycles. The van der Waals surface area contributed by atoms with Crippen molar-refractivity contribution in [2.45, 2.75) is 18.6 Å². The van der Waals surface area contributed by atoms with Crippen molar-refractivity contribution in [1.82, 2.24) is 14.5 Å². The first-order chi connectivity index (χ1) is 13.6. The molecule has 2 aromatic carbocycles. The van der Waals surface area contributed by atoms with E-state index in [0.717, 1.165) is 46.9 Å². The fraction of sp³-hybridized carbons (Fsp3) is 0.261. The maximum absolute atomic E-state index is 11.0. The predicted molar refractivity (Wildman–Crippen MR) is 109 cm³/mol. The Hall–Kier alpha value is -2.89. The first-order valence-electron chi connectivity index (χ1n) is 9.63. The van der Waals surface area contributed by atoms with Crippen LogP contribution < -0.4 is 0 Å². The highest BCUT2D eigenvalue weighted by Gasteiger charge is 2.37. The summed E-state index contributed by atoms with van der Waals surface area (Å²) in [5.41, 5.74) is 2.25. The molecule has 0 amide bonds. The van der Waals surface area contributed by atoms with Gasteiger partial charge in [0.1, 0.15) is 11.4 Å². The number of aliphatic hydroxyl groups is 1. The molecule has 1 saturated heterocycles. The van der Waals surface area contributed by atoms with Crippen LogP contribution in [0.5, 0.6) is 0 Å². The molecule has 0 aliphatic carbocycles. The minimum atomic E-state index is -0.784. The third-order valence-electron chi connectivity index (χ3n) is 5.69. The Morgan fingerprint density at radius 1 is 1.04 bits per heavy atom. The number of imidazole rings is 1. The molecule has 3 heterocycles. The van der Waals surface area contributed by atoms with Gasteiger partial charge in [-0.2, -0.15) is 0 Å². The zero-order chi connectivity index (χ0) is 19.1. The highest BCUT2D eigenvalue weighted by molar-refractivity contribution is 5.79. The molecule has 1 aliphatic rings. The van der Waals surface area contributed by atoms with Gasteiger partial charge in [0.15, 0.2) is 11.6 Å². The van der Waals surface area contributed by atoms with Gasteiger partial charge in [-0.25, -0.2) is 4.98 Å². The summed E-state index contributed by atoms with van der Waals surface area (Å²) in [6.45, 7) is 2.13. The van der Waals surface area contributed by atoms with Crippen LogP contribution in [0.4, 0.5) is 0 Å². The molecule has 1 fully saturated rings. The molecule has 5 nitrogen and oxygen atoms in total. The van der Waals surface area contributed by atoms with Crippen molar-refractivity contribution < 1.29 is 9.52 Å². The van der Waals surface area contributed by atoms with Crippen molar-refractivity contribution in [2.75, 3.05) is 13.1 Å². The monoisotopic (exact) mass is 373 g/mol. The molecule has 0 saturated carbocycles. The van der Waals surface area contributed by atoms with Crippen LogP contribution in [-0.2, 0) is 19.2 Å². The van der Waals surface area contributed by atoms with Crippen molar-refractivity contribution in [3.05, 3.63) is 78.1 Å². The smallest absolute Gasteiger partial charge is 0.176 e. The van der Waals surface area contributed by atoms with Crippen molar-refractivity contribution in [1.29, 1.82) is 0 Å². The fourth-order valence-corrected chi connectivity index (χ4v) is 4.16. The lowest BCUT2D eigenvalue weighted by atomic mass is 9.93. The number of hydrogen-bond acceptors (Lipinski definition) is 4. The zero-order valence-electron chi connectivity index (χ0n) is 15.9. The lowest BCUT2D eigenvalue weighted by molar-refractivity contribution is 0.0446. The Bertz CT molecular complexity index is 1120. The highest BCUT2D eigenvalue weighted by atomic mass is 16.3. The van der Waals surface area contributed by atoms with E-state index >= 15 is 0 Å². The highest BCUT2D eigenvalue weighted by Crippen LogP contribution is 2.33. The van der Waals surface area contributed by atoms with E-state index in [1.54, 1.807) is 0 Å². The largest absolute Gasteiger partial charge is 0.456 e. The molecule has 1 atom stereocenters. The van der Waals surface area contributed by atoms with E-state index in [1.807, 2.05) is 67.7 Å². The van der Waals surface area contributed by atoms with Crippen LogP contribution >= 0.6 is 0 Å². The number of nitrogens with zero attached hydrogens (tertiary/aromatic N) is 3. The summed E-state index contributed by atoms with van der Waals surface area (Å²) in [4.78, 5) is 6.95. The summed E-state index contributed by atoms with van der Waals surface area (Å²) in [5.74, 6) is 2.49. The second-order valence-electron chi connectivity index (χ2n) is 7.61. The summed E-state index contributed by atoms with van der Waals surface area (Å²) >= 11 is 0. The average molecular weight is 373 g/mol. The van der Waals surface area contributed by atoms with E-state index in [-0.39, 0.29) is 0 Å². The number of β-amino-alcohol motifs (C(OH)–C–C–N with tert-alkyl or cyclic N) is 1. The number of likely N-dealkylation sites (tertiary alicyclic amines) is 1. The van der Waals surface area contributed by atoms with Gasteiger partial charge >= 0.3 is 0 Å². The third-order valence-corrected chi connectivity index (χ3v) is 5.69. The van der Waals surface area contributed by atoms with Gasteiger partial charge < -0.3 is 14.1 Å². The Morgan fingerprint density at radius 3 is 2.64 bits per heavy atom. The number of aromatic nitrogens is 2. The molecule has 28 heavy (non-hydrogen) atoms. The lowest BCUT2D eigenvalue weighted by Gasteiger charge is -2.23. The van der Waals surface area contributed by atoms with Gasteiger partial charge in [-0.15, -0.1) is 0 Å². The molecule has 5 rings (SSSR count). The Balaban J connectivity index is 1.34. The fourth-order valence-electron chi connectivity index (χ4n) is 4.16. The second-order valence-corrected chi connectivity index (χ2v) is 7.61. The van der Waals surface area contributed by atoms with Gasteiger partial charge in [0, 0.05) is 20.1 Å². The number of hydrogen-bond donors (Lipinski definition) is 1. The number of fused-ring (bicyclic) bond motifs is 1. The lowest BCUT2D eigenvalue weighted by Crippen LogP contribution is -2.30. The zero-order valence-corrected chi connectivity index (χ0v) is 15.9. The number of aryl methyl sites for hydroxylation is 1. The van der Waals surface area contributed by atoms with Gasteiger partial charge in [0.25, 0.3) is 0 Å². The molecular weight excluding hydrogens is 350 g/mol. The van der Waals surface area contributed by atoms with Crippen molar-refractivity contribution in [3.63, 3.8) is 0 Å². The standard InChI is InChI=1S/C23H23N3O2/c1-25-20-10-6-5-9-19(20)24-22(25)21-12-11-18(28-21)15-26-14-13-23(27,16-26)17-7-3-2-4-8-17/h2-12,27H,13-16H2,1H3. The average Bonchev–Trinajstić information content (AvgIpc) is 3.42. The number of furan rings is 1. The van der Waals surface area contributed by atoms with Crippen molar-refractivity contribution in [3.8, 4) is 11.6 Å². The first kappa shape index (κ1) is 17.2. The third kappa shape index (κ3) is 2.93. The summed E-state index contributed by atoms with van der Waals surface area (Å²) in [6.07, 6.45) is 0.731. The molecule has 142 valence electrons. The van der Waals surface area contributed by atoms with Crippen LogP contribution in [0.2, 0.25) is 0 Å². The molecule has 0 bridgehead atoms. The number of rotatable bonds is 4. The van der Waals surface area contributed by atoms with Crippen LogP contribution in [0.15, 0.2) is 71.1 Å². The quantitative estimate of drug-likeness (QED) is 0.589. The maximum atomic E-state index is 11.0. The predicted octanol–water partition coefficient (Wildman–Crippen LogP) is 3.93. The summed E-state index contributed by atoms with van der Waals surface area (Å²) in [6, 6.07) is 22.0. The summed E-state index contributed by atoms with van der Waals surface area (Å²) in [7, 11) is 2.01. The van der Waals surface area contributed by atoms with E-state index in [0.29, 0.717) is 13.1 Å². The molecule has 0 spiro atoms. The number of para-hydroxylation sites is 2. The van der Waals surface area contributed by atoms with Crippen LogP contribution in [0.1, 0.15) is 17.7 Å². The van der Waals surface area contributed by atoms with E-state index in [4.69, 9.17) is 9.40 Å². The van der Waals surface area contributed by atoms with Crippen LogP contribution in [-0.4, -0.2) is 32.6 Å². The summed E-state index contributed by atoms with van der Waals surface area (Å²) in [5, 5.41) is 11.0. The maximum Gasteiger partial charge on any atom is 0.176 e. The van der Waals surface area contributed by atoms with Crippen molar-refractivity contribution >= 4 is 11.0 Å². The first-order valence-corrected chi connectivity index (χ1v) is 9.63. The molecule has 0 radical (unpaired) electrons. The van der Waals surface area contributed by atoms with Crippen LogP contribution in [0.3, 0.4) is 0 Å². The minimum Gasteiger partial charge on any atom is -0.456 e. The van der Waals surface area contributed by atoms with Gasteiger partial charge in [-0.05, 0) is 36.2 Å². The topological polar surface area (TPSA) is 54.4 Å². The molecule has 1 N–H and O–H groups in total. The van der Waals surface area contributed by atoms with Gasteiger partial charge in [-0.3, -0.25) is 4.90 Å². The van der Waals surface area contributed by atoms with E-state index in [2.05, 4.69) is 15.5 Å².